The Hall–Kier alpha value is -0.670. The summed E-state index contributed by atoms with van der Waals surface area (Å²) in [6.45, 7) is 0. The summed E-state index contributed by atoms with van der Waals surface area (Å²) < 4.78 is 2.20. The molecule has 1 nitrogen and oxygen atoms in total. The molecule has 0 atom stereocenters. The molecule has 60 valence electrons. The van der Waals surface area contributed by atoms with E-state index in [2.05, 4.69) is 15.9 Å². The van der Waals surface area contributed by atoms with Gasteiger partial charge in [-0.2, -0.15) is 0 Å². The zero-order valence-corrected chi connectivity index (χ0v) is 8.48. The van der Waals surface area contributed by atoms with Crippen molar-refractivity contribution in [1.29, 1.82) is 0 Å². The first kappa shape index (κ1) is 7.95. The molecule has 1 aromatic heterocycles. The van der Waals surface area contributed by atoms with Gasteiger partial charge in [0.05, 0.1) is 4.88 Å². The van der Waals surface area contributed by atoms with E-state index >= 15 is 0 Å². The summed E-state index contributed by atoms with van der Waals surface area (Å²) in [5, 5.41) is 1.12. The summed E-state index contributed by atoms with van der Waals surface area (Å²) in [7, 11) is 0. The van der Waals surface area contributed by atoms with Crippen LogP contribution >= 0.6 is 27.3 Å². The fourth-order valence-corrected chi connectivity index (χ4v) is 2.33. The van der Waals surface area contributed by atoms with Gasteiger partial charge in [-0.1, -0.05) is 15.9 Å². The van der Waals surface area contributed by atoms with Gasteiger partial charge in [-0.05, 0) is 29.7 Å². The van der Waals surface area contributed by atoms with Crippen molar-refractivity contribution in [3.63, 3.8) is 0 Å². The molecule has 0 fully saturated rings. The van der Waals surface area contributed by atoms with Crippen LogP contribution < -0.4 is 0 Å². The second-order valence-electron chi connectivity index (χ2n) is 2.45. The van der Waals surface area contributed by atoms with Gasteiger partial charge in [0.2, 0.25) is 0 Å². The monoisotopic (exact) mass is 240 g/mol. The third kappa shape index (κ3) is 1.30. The highest BCUT2D eigenvalue weighted by Gasteiger charge is 1.99. The van der Waals surface area contributed by atoms with Crippen LogP contribution in [0.4, 0.5) is 0 Å². The topological polar surface area (TPSA) is 17.1 Å². The van der Waals surface area contributed by atoms with Crippen LogP contribution in [0, 0.1) is 0 Å². The van der Waals surface area contributed by atoms with Crippen molar-refractivity contribution in [3.8, 4) is 0 Å². The maximum Gasteiger partial charge on any atom is 0.160 e. The van der Waals surface area contributed by atoms with Crippen molar-refractivity contribution in [2.45, 2.75) is 0 Å². The Kier molecular flexibility index (Phi) is 1.98. The largest absolute Gasteiger partial charge is 0.297 e. The van der Waals surface area contributed by atoms with Crippen LogP contribution in [-0.2, 0) is 0 Å². The molecule has 0 aliphatic rings. The molecule has 2 rings (SSSR count). The molecule has 1 heterocycles. The van der Waals surface area contributed by atoms with Crippen molar-refractivity contribution in [2.75, 3.05) is 0 Å². The number of rotatable bonds is 1. The average Bonchev–Trinajstić information content (AvgIpc) is 2.46. The molecule has 0 unspecified atom stereocenters. The number of aldehydes is 1. The first-order valence-electron chi connectivity index (χ1n) is 3.44. The minimum absolute atomic E-state index is 0.781. The number of halogens is 1. The molecule has 3 heteroatoms. The molecule has 0 spiro atoms. The number of thiophene rings is 1. The Labute approximate surface area is 82.1 Å². The number of benzene rings is 1. The van der Waals surface area contributed by atoms with E-state index in [1.807, 2.05) is 24.3 Å². The molecular formula is C9H5BrOS. The molecular weight excluding hydrogens is 236 g/mol. The Morgan fingerprint density at radius 3 is 2.92 bits per heavy atom. The maximum atomic E-state index is 10.5. The van der Waals surface area contributed by atoms with Crippen LogP contribution in [0.5, 0.6) is 0 Å². The normalized spacial score (nSPS) is 10.4. The number of carbonyl (C=O) groups excluding carboxylic acids is 1. The van der Waals surface area contributed by atoms with Crippen molar-refractivity contribution in [1.82, 2.24) is 0 Å². The van der Waals surface area contributed by atoms with E-state index in [1.54, 1.807) is 0 Å². The highest BCUT2D eigenvalue weighted by atomic mass is 79.9. The van der Waals surface area contributed by atoms with Gasteiger partial charge >= 0.3 is 0 Å². The second-order valence-corrected chi connectivity index (χ2v) is 4.48. The van der Waals surface area contributed by atoms with Crippen LogP contribution in [0.1, 0.15) is 9.67 Å². The number of carbonyl (C=O) groups is 1. The summed E-state index contributed by atoms with van der Waals surface area (Å²) in [6, 6.07) is 7.90. The van der Waals surface area contributed by atoms with Gasteiger partial charge in [0.1, 0.15) is 0 Å². The Morgan fingerprint density at radius 2 is 2.17 bits per heavy atom. The van der Waals surface area contributed by atoms with E-state index in [0.29, 0.717) is 0 Å². The van der Waals surface area contributed by atoms with Crippen molar-refractivity contribution in [3.05, 3.63) is 33.6 Å². The first-order valence-corrected chi connectivity index (χ1v) is 5.05. The summed E-state index contributed by atoms with van der Waals surface area (Å²) in [6.07, 6.45) is 0.887. The highest BCUT2D eigenvalue weighted by molar-refractivity contribution is 9.10. The summed E-state index contributed by atoms with van der Waals surface area (Å²) in [4.78, 5) is 11.2. The molecule has 0 saturated carbocycles. The van der Waals surface area contributed by atoms with Crippen LogP contribution in [-0.4, -0.2) is 6.29 Å². The molecule has 2 aromatic rings. The number of fused-ring (bicyclic) bond motifs is 1. The fraction of sp³-hybridized carbons (Fsp3) is 0. The van der Waals surface area contributed by atoms with Crippen LogP contribution in [0.2, 0.25) is 0 Å². The lowest BCUT2D eigenvalue weighted by Crippen LogP contribution is -1.64. The first-order chi connectivity index (χ1) is 5.79. The number of hydrogen-bond donors (Lipinski definition) is 0. The Bertz CT molecular complexity index is 433. The van der Waals surface area contributed by atoms with E-state index < -0.39 is 0 Å². The lowest BCUT2D eigenvalue weighted by Gasteiger charge is -1.88. The lowest BCUT2D eigenvalue weighted by molar-refractivity contribution is 0.112. The summed E-state index contributed by atoms with van der Waals surface area (Å²) in [5.74, 6) is 0. The van der Waals surface area contributed by atoms with Gasteiger partial charge in [-0.3, -0.25) is 4.79 Å². The van der Waals surface area contributed by atoms with Crippen molar-refractivity contribution < 1.29 is 4.79 Å². The Balaban J connectivity index is 2.75. The third-order valence-electron chi connectivity index (χ3n) is 1.61. The SMILES string of the molecule is O=Cc1cc2cc(Br)ccc2s1. The van der Waals surface area contributed by atoms with Gasteiger partial charge < -0.3 is 0 Å². The van der Waals surface area contributed by atoms with E-state index in [9.17, 15) is 4.79 Å². The quantitative estimate of drug-likeness (QED) is 0.698. The molecule has 0 saturated heterocycles. The zero-order chi connectivity index (χ0) is 8.55. The minimum atomic E-state index is 0.781. The smallest absolute Gasteiger partial charge is 0.160 e. The Morgan fingerprint density at radius 1 is 1.33 bits per heavy atom. The molecule has 12 heavy (non-hydrogen) atoms. The zero-order valence-electron chi connectivity index (χ0n) is 6.08. The molecule has 0 aliphatic carbocycles. The summed E-state index contributed by atoms with van der Waals surface area (Å²) >= 11 is 4.90. The minimum Gasteiger partial charge on any atom is -0.297 e. The molecule has 0 N–H and O–H groups in total. The molecule has 0 radical (unpaired) electrons. The maximum absolute atomic E-state index is 10.5. The molecule has 0 amide bonds. The van der Waals surface area contributed by atoms with Gasteiger partial charge in [0.15, 0.2) is 6.29 Å². The van der Waals surface area contributed by atoms with E-state index in [-0.39, 0.29) is 0 Å². The standard InChI is InChI=1S/C9H5BrOS/c10-7-1-2-9-6(3-7)4-8(5-11)12-9/h1-5H. The van der Waals surface area contributed by atoms with Crippen molar-refractivity contribution in [2.24, 2.45) is 0 Å². The van der Waals surface area contributed by atoms with Gasteiger partial charge in [0, 0.05) is 9.17 Å². The van der Waals surface area contributed by atoms with E-state index in [0.717, 1.165) is 25.7 Å². The van der Waals surface area contributed by atoms with Crippen LogP contribution in [0.15, 0.2) is 28.7 Å². The van der Waals surface area contributed by atoms with Gasteiger partial charge in [-0.15, -0.1) is 11.3 Å². The third-order valence-corrected chi connectivity index (χ3v) is 3.15. The average molecular weight is 241 g/mol. The van der Waals surface area contributed by atoms with Crippen molar-refractivity contribution >= 4 is 43.6 Å². The lowest BCUT2D eigenvalue weighted by atomic mass is 10.2. The molecule has 0 bridgehead atoms. The van der Waals surface area contributed by atoms with E-state index in [1.165, 1.54) is 11.3 Å². The predicted octanol–water partition coefficient (Wildman–Crippen LogP) is 3.48. The molecule has 1 aromatic carbocycles. The fourth-order valence-electron chi connectivity index (χ4n) is 1.09. The highest BCUT2D eigenvalue weighted by Crippen LogP contribution is 2.26. The predicted molar refractivity (Wildman–Crippen MR) is 54.9 cm³/mol. The summed E-state index contributed by atoms with van der Waals surface area (Å²) in [5.41, 5.74) is 0. The van der Waals surface area contributed by atoms with Crippen LogP contribution in [0.25, 0.3) is 10.1 Å². The van der Waals surface area contributed by atoms with E-state index in [4.69, 9.17) is 0 Å². The second kappa shape index (κ2) is 2.99. The van der Waals surface area contributed by atoms with Crippen LogP contribution in [0.3, 0.4) is 0 Å². The van der Waals surface area contributed by atoms with Gasteiger partial charge in [-0.25, -0.2) is 0 Å². The number of hydrogen-bond acceptors (Lipinski definition) is 2. The molecule has 0 aliphatic heterocycles. The van der Waals surface area contributed by atoms with Gasteiger partial charge in [0.25, 0.3) is 0 Å².